The summed E-state index contributed by atoms with van der Waals surface area (Å²) < 4.78 is 15.6. The monoisotopic (exact) mass is 582 g/mol. The molecule has 5 N–H and O–H groups in total. The summed E-state index contributed by atoms with van der Waals surface area (Å²) in [6, 6.07) is 12.6. The van der Waals surface area contributed by atoms with E-state index in [2.05, 4.69) is 25.6 Å². The van der Waals surface area contributed by atoms with Crippen molar-refractivity contribution in [3.05, 3.63) is 54.2 Å². The largest absolute Gasteiger partial charge is 0.717 e. The Bertz CT molecular complexity index is 1350. The van der Waals surface area contributed by atoms with Crippen molar-refractivity contribution < 1.29 is 43.0 Å². The van der Waals surface area contributed by atoms with Gasteiger partial charge in [-0.1, -0.05) is 56.7 Å². The Hall–Kier alpha value is -4.30. The molecule has 2 saturated heterocycles. The van der Waals surface area contributed by atoms with E-state index in [-0.39, 0.29) is 18.0 Å². The molecule has 224 valence electrons. The maximum absolute atomic E-state index is 13.6. The molecule has 2 aromatic rings. The second-order valence-corrected chi connectivity index (χ2v) is 11.0. The molecule has 1 aromatic carbocycles. The summed E-state index contributed by atoms with van der Waals surface area (Å²) in [5.74, 6) is -5.09. The minimum absolute atomic E-state index is 0.0177. The highest BCUT2D eigenvalue weighted by Gasteiger charge is 2.65. The first-order valence-electron chi connectivity index (χ1n) is 13.7. The second-order valence-electron chi connectivity index (χ2n) is 11.0. The molecule has 5 atom stereocenters. The van der Waals surface area contributed by atoms with Crippen LogP contribution in [0.15, 0.2) is 48.5 Å². The zero-order chi connectivity index (χ0) is 30.7. The van der Waals surface area contributed by atoms with Crippen molar-refractivity contribution in [1.29, 1.82) is 0 Å². The Labute approximate surface area is 242 Å². The first kappa shape index (κ1) is 30.7. The average molecular weight is 582 g/mol. The molecule has 2 fully saturated rings. The fourth-order valence-electron chi connectivity index (χ4n) is 5.26. The quantitative estimate of drug-likeness (QED) is 0.223. The first-order chi connectivity index (χ1) is 19.9. The van der Waals surface area contributed by atoms with Crippen LogP contribution in [0.4, 0.5) is 0 Å². The molecule has 4 rings (SSSR count). The average Bonchev–Trinajstić information content (AvgIpc) is 2.94. The third-order valence-electron chi connectivity index (χ3n) is 7.19. The first-order valence-corrected chi connectivity index (χ1v) is 13.7. The summed E-state index contributed by atoms with van der Waals surface area (Å²) in [4.78, 5) is 69.3. The molecule has 42 heavy (non-hydrogen) atoms. The lowest BCUT2D eigenvalue weighted by Gasteiger charge is -2.55. The number of rotatable bonds is 10. The lowest BCUT2D eigenvalue weighted by molar-refractivity contribution is -0.201. The number of nitrogens with zero attached hydrogens (tertiary/aromatic N) is 1. The van der Waals surface area contributed by atoms with E-state index < -0.39 is 72.9 Å². The molecule has 14 heteroatoms. The van der Waals surface area contributed by atoms with Crippen molar-refractivity contribution in [1.82, 2.24) is 20.9 Å². The number of likely N-dealkylation sites (N-methyl/N-ethyl adjacent to an activating group) is 1. The highest BCUT2D eigenvalue weighted by molar-refractivity contribution is 6.66. The van der Waals surface area contributed by atoms with Gasteiger partial charge < -0.3 is 35.0 Å². The number of carbonyl (C=O) groups is 5. The summed E-state index contributed by atoms with van der Waals surface area (Å²) in [6.07, 6.45) is -2.20. The predicted molar refractivity (Wildman–Crippen MR) is 150 cm³/mol. The molecule has 3 heterocycles. The summed E-state index contributed by atoms with van der Waals surface area (Å²) in [5, 5.41) is 18.1. The molecule has 13 nitrogen and oxygen atoms in total. The van der Waals surface area contributed by atoms with Crippen molar-refractivity contribution in [3.8, 4) is 11.3 Å². The van der Waals surface area contributed by atoms with E-state index in [4.69, 9.17) is 9.31 Å². The number of aromatic nitrogens is 1. The van der Waals surface area contributed by atoms with E-state index in [9.17, 15) is 29.1 Å². The molecule has 0 spiro atoms. The minimum atomic E-state index is -3.20. The Morgan fingerprint density at radius 2 is 1.76 bits per heavy atom. The van der Waals surface area contributed by atoms with E-state index in [0.717, 1.165) is 5.56 Å². The van der Waals surface area contributed by atoms with Gasteiger partial charge in [-0.3, -0.25) is 19.2 Å². The van der Waals surface area contributed by atoms with E-state index in [1.807, 2.05) is 44.2 Å². The van der Waals surface area contributed by atoms with Gasteiger partial charge in [0, 0.05) is 23.3 Å². The Morgan fingerprint density at radius 1 is 1.05 bits per heavy atom. The SMILES string of the molecule is CNC(=O)[C@]12CC(=O)O[B-]([C@H](CC(C)C)NC(=O)[C@@H](NC(=O)c3cccc(-c4ccccc4)n3)[C@@H](C)O)(O1)[OH+]C(=O)C2. The number of aliphatic carboxylic acids is 1. The number of nitrogens with one attached hydrogen (secondary N) is 3. The number of carbonyl (C=O) groups excluding carboxylic acids is 4. The van der Waals surface area contributed by atoms with Gasteiger partial charge in [0.05, 0.1) is 18.2 Å². The highest BCUT2D eigenvalue weighted by atomic mass is 16.8. The van der Waals surface area contributed by atoms with Gasteiger partial charge in [0.1, 0.15) is 23.8 Å². The maximum Gasteiger partial charge on any atom is 0.594 e. The van der Waals surface area contributed by atoms with Gasteiger partial charge in [0.25, 0.3) is 11.9 Å². The predicted octanol–water partition coefficient (Wildman–Crippen LogP) is 0.143. The van der Waals surface area contributed by atoms with Crippen LogP contribution in [0.1, 0.15) is 50.5 Å². The fourth-order valence-corrected chi connectivity index (χ4v) is 5.26. The topological polar surface area (TPSA) is 186 Å². The smallest absolute Gasteiger partial charge is 0.594 e. The molecule has 2 aliphatic rings. The van der Waals surface area contributed by atoms with Crippen LogP contribution in [-0.2, 0) is 28.5 Å². The van der Waals surface area contributed by atoms with Crippen LogP contribution in [0.2, 0.25) is 0 Å². The van der Waals surface area contributed by atoms with Crippen LogP contribution in [0.5, 0.6) is 0 Å². The Morgan fingerprint density at radius 3 is 2.40 bits per heavy atom. The van der Waals surface area contributed by atoms with E-state index in [1.165, 1.54) is 20.0 Å². The van der Waals surface area contributed by atoms with Gasteiger partial charge in [0.15, 0.2) is 0 Å². The molecular weight excluding hydrogens is 547 g/mol. The van der Waals surface area contributed by atoms with Crippen molar-refractivity contribution in [2.45, 2.75) is 63.7 Å². The van der Waals surface area contributed by atoms with E-state index in [1.54, 1.807) is 12.1 Å². The molecule has 0 saturated carbocycles. The number of amides is 3. The standard InChI is InChI=1S/C28H35BN4O9/c1-16(2)13-21(29-40-22(35)14-28(42-29,27(39)30-4)15-23(36)41-29)32-26(38)24(17(3)34)33-25(37)20-12-8-11-19(31-20)18-9-6-5-7-10-18/h5-12,16-17,21,24,34,40H,13-15H2,1-4H3,(H,30,39)(H,32,38)(H,33,37)/t17-,21+,24+,28+,29?/m1/s1. The maximum atomic E-state index is 13.6. The van der Waals surface area contributed by atoms with Crippen molar-refractivity contribution in [2.24, 2.45) is 5.92 Å². The second kappa shape index (κ2) is 12.3. The minimum Gasteiger partial charge on any atom is -0.717 e. The van der Waals surface area contributed by atoms with Crippen molar-refractivity contribution >= 4 is 36.4 Å². The molecular formula is C28H35BN4O9. The van der Waals surface area contributed by atoms with Gasteiger partial charge in [-0.25, -0.2) is 4.98 Å². The van der Waals surface area contributed by atoms with E-state index >= 15 is 0 Å². The molecule has 1 unspecified atom stereocenters. The van der Waals surface area contributed by atoms with Gasteiger partial charge in [-0.15, -0.1) is 0 Å². The van der Waals surface area contributed by atoms with Crippen LogP contribution in [0, 0.1) is 5.92 Å². The summed E-state index contributed by atoms with van der Waals surface area (Å²) in [5.41, 5.74) is -0.491. The number of pyridine rings is 1. The van der Waals surface area contributed by atoms with E-state index in [0.29, 0.717) is 5.69 Å². The Kier molecular flexibility index (Phi) is 8.97. The highest BCUT2D eigenvalue weighted by Crippen LogP contribution is 2.39. The molecule has 2 aliphatic heterocycles. The van der Waals surface area contributed by atoms with Crippen LogP contribution in [0.3, 0.4) is 0 Å². The lowest BCUT2D eigenvalue weighted by atomic mass is 9.61. The number of benzene rings is 1. The zero-order valence-electron chi connectivity index (χ0n) is 23.8. The summed E-state index contributed by atoms with van der Waals surface area (Å²) >= 11 is 0. The van der Waals surface area contributed by atoms with Gasteiger partial charge in [0.2, 0.25) is 11.8 Å². The van der Waals surface area contributed by atoms with Gasteiger partial charge >= 0.3 is 12.7 Å². The normalized spacial score (nSPS) is 23.6. The van der Waals surface area contributed by atoms with Crippen molar-refractivity contribution in [2.75, 3.05) is 7.05 Å². The van der Waals surface area contributed by atoms with Gasteiger partial charge in [-0.2, -0.15) is 0 Å². The molecule has 0 aliphatic carbocycles. The summed E-state index contributed by atoms with van der Waals surface area (Å²) in [6.45, 7) is 1.77. The lowest BCUT2D eigenvalue weighted by Crippen LogP contribution is -2.77. The van der Waals surface area contributed by atoms with Crippen molar-refractivity contribution in [3.63, 3.8) is 0 Å². The molecule has 3 amide bonds. The third kappa shape index (κ3) is 6.44. The summed E-state index contributed by atoms with van der Waals surface area (Å²) in [7, 11) is 1.35. The number of fused-ring (bicyclic) bond motifs is 2. The fraction of sp³-hybridized carbons (Fsp3) is 0.429. The molecule has 1 aromatic heterocycles. The number of hydrogen-bond donors (Lipinski definition) is 4. The zero-order valence-corrected chi connectivity index (χ0v) is 23.8. The third-order valence-corrected chi connectivity index (χ3v) is 7.19. The van der Waals surface area contributed by atoms with Gasteiger partial charge in [-0.05, 0) is 25.0 Å². The van der Waals surface area contributed by atoms with Crippen LogP contribution >= 0.6 is 0 Å². The van der Waals surface area contributed by atoms with Crippen LogP contribution in [-0.4, -0.2) is 81.9 Å². The van der Waals surface area contributed by atoms with Crippen LogP contribution < -0.4 is 16.0 Å². The number of aliphatic hydroxyl groups is 1. The molecule has 0 radical (unpaired) electrons. The number of hydrogen-bond acceptors (Lipinski definition) is 9. The van der Waals surface area contributed by atoms with Crippen LogP contribution in [0.25, 0.3) is 11.3 Å². The number of carboxylic acids is 1. The Balaban J connectivity index is 1.59. The molecule has 2 bridgehead atoms. The number of aliphatic hydroxyl groups excluding tert-OH is 1.